The quantitative estimate of drug-likeness (QED) is 0.765. The van der Waals surface area contributed by atoms with E-state index in [4.69, 9.17) is 11.0 Å². The molecular weight excluding hydrogens is 210 g/mol. The number of rotatable bonds is 2. The number of benzene rings is 1. The van der Waals surface area contributed by atoms with Crippen LogP contribution in [0, 0.1) is 11.3 Å². The molecule has 0 atom stereocenters. The molecule has 1 fully saturated rings. The predicted octanol–water partition coefficient (Wildman–Crippen LogP) is 3.28. The van der Waals surface area contributed by atoms with Gasteiger partial charge in [-0.25, -0.2) is 0 Å². The number of hydrogen-bond donors (Lipinski definition) is 2. The molecule has 17 heavy (non-hydrogen) atoms. The third kappa shape index (κ3) is 2.71. The van der Waals surface area contributed by atoms with Crippen LogP contribution in [0.1, 0.15) is 44.6 Å². The normalized spacial score (nSPS) is 18.4. The van der Waals surface area contributed by atoms with E-state index in [2.05, 4.69) is 18.3 Å². The SMILES string of the molecule is CC1(Nc2ccc(C#N)cc2N)CCCCC1. The van der Waals surface area contributed by atoms with Crippen molar-refractivity contribution >= 4 is 11.4 Å². The number of nitrogens with one attached hydrogen (secondary N) is 1. The van der Waals surface area contributed by atoms with Crippen LogP contribution in [0.15, 0.2) is 18.2 Å². The molecule has 0 heterocycles. The van der Waals surface area contributed by atoms with Crippen LogP contribution in [0.4, 0.5) is 11.4 Å². The third-order valence-electron chi connectivity index (χ3n) is 3.57. The van der Waals surface area contributed by atoms with Gasteiger partial charge in [-0.3, -0.25) is 0 Å². The first-order chi connectivity index (χ1) is 8.13. The van der Waals surface area contributed by atoms with E-state index in [1.807, 2.05) is 12.1 Å². The summed E-state index contributed by atoms with van der Waals surface area (Å²) in [6.07, 6.45) is 6.26. The monoisotopic (exact) mass is 229 g/mol. The molecule has 90 valence electrons. The number of anilines is 2. The molecule has 2 rings (SSSR count). The molecule has 0 aliphatic heterocycles. The molecule has 0 radical (unpaired) electrons. The fraction of sp³-hybridized carbons (Fsp3) is 0.500. The van der Waals surface area contributed by atoms with Crippen molar-refractivity contribution in [1.29, 1.82) is 5.26 Å². The summed E-state index contributed by atoms with van der Waals surface area (Å²) < 4.78 is 0. The Morgan fingerprint density at radius 1 is 1.29 bits per heavy atom. The lowest BCUT2D eigenvalue weighted by molar-refractivity contribution is 0.349. The summed E-state index contributed by atoms with van der Waals surface area (Å²) in [6, 6.07) is 7.55. The van der Waals surface area contributed by atoms with E-state index < -0.39 is 0 Å². The summed E-state index contributed by atoms with van der Waals surface area (Å²) in [6.45, 7) is 2.25. The highest BCUT2D eigenvalue weighted by molar-refractivity contribution is 5.69. The number of hydrogen-bond acceptors (Lipinski definition) is 3. The molecule has 1 aliphatic rings. The van der Waals surface area contributed by atoms with Gasteiger partial charge in [-0.2, -0.15) is 5.26 Å². The molecule has 0 unspecified atom stereocenters. The zero-order valence-electron chi connectivity index (χ0n) is 10.3. The second-order valence-electron chi connectivity index (χ2n) is 5.16. The zero-order chi connectivity index (χ0) is 12.3. The summed E-state index contributed by atoms with van der Waals surface area (Å²) in [4.78, 5) is 0. The van der Waals surface area contributed by atoms with Gasteiger partial charge in [-0.1, -0.05) is 19.3 Å². The lowest BCUT2D eigenvalue weighted by Gasteiger charge is -2.36. The lowest BCUT2D eigenvalue weighted by Crippen LogP contribution is -2.36. The summed E-state index contributed by atoms with van der Waals surface area (Å²) >= 11 is 0. The van der Waals surface area contributed by atoms with Crippen LogP contribution >= 0.6 is 0 Å². The fourth-order valence-electron chi connectivity index (χ4n) is 2.53. The van der Waals surface area contributed by atoms with Gasteiger partial charge in [0.25, 0.3) is 0 Å². The Morgan fingerprint density at radius 2 is 2.00 bits per heavy atom. The molecule has 3 nitrogen and oxygen atoms in total. The second-order valence-corrected chi connectivity index (χ2v) is 5.16. The van der Waals surface area contributed by atoms with Gasteiger partial charge in [0.2, 0.25) is 0 Å². The van der Waals surface area contributed by atoms with Gasteiger partial charge >= 0.3 is 0 Å². The Hall–Kier alpha value is -1.69. The van der Waals surface area contributed by atoms with E-state index >= 15 is 0 Å². The van der Waals surface area contributed by atoms with Gasteiger partial charge in [-0.15, -0.1) is 0 Å². The van der Waals surface area contributed by atoms with Gasteiger partial charge in [0, 0.05) is 5.54 Å². The molecule has 0 amide bonds. The maximum absolute atomic E-state index is 8.80. The van der Waals surface area contributed by atoms with Crippen molar-refractivity contribution in [1.82, 2.24) is 0 Å². The molecule has 1 saturated carbocycles. The Bertz CT molecular complexity index is 439. The number of nitrogens with two attached hydrogens (primary N) is 1. The highest BCUT2D eigenvalue weighted by Gasteiger charge is 2.26. The van der Waals surface area contributed by atoms with Crippen LogP contribution in [0.5, 0.6) is 0 Å². The summed E-state index contributed by atoms with van der Waals surface area (Å²) in [7, 11) is 0. The summed E-state index contributed by atoms with van der Waals surface area (Å²) in [5.74, 6) is 0. The van der Waals surface area contributed by atoms with Crippen LogP contribution in [0.25, 0.3) is 0 Å². The van der Waals surface area contributed by atoms with Crippen molar-refractivity contribution < 1.29 is 0 Å². The van der Waals surface area contributed by atoms with E-state index in [9.17, 15) is 0 Å². The maximum Gasteiger partial charge on any atom is 0.0992 e. The number of nitrogen functional groups attached to an aromatic ring is 1. The van der Waals surface area contributed by atoms with Gasteiger partial charge in [0.15, 0.2) is 0 Å². The minimum atomic E-state index is 0.153. The molecule has 3 N–H and O–H groups in total. The topological polar surface area (TPSA) is 61.8 Å². The number of nitrogens with zero attached hydrogens (tertiary/aromatic N) is 1. The van der Waals surface area contributed by atoms with Gasteiger partial charge in [0.05, 0.1) is 23.0 Å². The van der Waals surface area contributed by atoms with Crippen molar-refractivity contribution in [3.05, 3.63) is 23.8 Å². The van der Waals surface area contributed by atoms with E-state index in [-0.39, 0.29) is 5.54 Å². The van der Waals surface area contributed by atoms with Crippen molar-refractivity contribution in [2.24, 2.45) is 0 Å². The van der Waals surface area contributed by atoms with Crippen LogP contribution in [-0.2, 0) is 0 Å². The fourth-order valence-corrected chi connectivity index (χ4v) is 2.53. The Balaban J connectivity index is 2.15. The second kappa shape index (κ2) is 4.67. The number of nitriles is 1. The maximum atomic E-state index is 8.80. The molecule has 1 aliphatic carbocycles. The van der Waals surface area contributed by atoms with E-state index in [1.165, 1.54) is 32.1 Å². The van der Waals surface area contributed by atoms with Crippen LogP contribution < -0.4 is 11.1 Å². The summed E-state index contributed by atoms with van der Waals surface area (Å²) in [5.41, 5.74) is 8.34. The highest BCUT2D eigenvalue weighted by atomic mass is 15.0. The highest BCUT2D eigenvalue weighted by Crippen LogP contribution is 2.33. The van der Waals surface area contributed by atoms with Gasteiger partial charge in [-0.05, 0) is 38.0 Å². The molecule has 1 aromatic rings. The first-order valence-corrected chi connectivity index (χ1v) is 6.21. The Labute approximate surface area is 103 Å². The average Bonchev–Trinajstić information content (AvgIpc) is 2.32. The van der Waals surface area contributed by atoms with Crippen molar-refractivity contribution in [3.63, 3.8) is 0 Å². The smallest absolute Gasteiger partial charge is 0.0992 e. The Morgan fingerprint density at radius 3 is 2.59 bits per heavy atom. The van der Waals surface area contributed by atoms with Gasteiger partial charge < -0.3 is 11.1 Å². The summed E-state index contributed by atoms with van der Waals surface area (Å²) in [5, 5.41) is 12.3. The third-order valence-corrected chi connectivity index (χ3v) is 3.57. The average molecular weight is 229 g/mol. The largest absolute Gasteiger partial charge is 0.397 e. The van der Waals surface area contributed by atoms with Crippen LogP contribution in [-0.4, -0.2) is 5.54 Å². The molecule has 0 aromatic heterocycles. The first-order valence-electron chi connectivity index (χ1n) is 6.21. The lowest BCUT2D eigenvalue weighted by atomic mass is 9.83. The predicted molar refractivity (Wildman–Crippen MR) is 70.7 cm³/mol. The molecule has 0 saturated heterocycles. The molecule has 0 bridgehead atoms. The molecule has 1 aromatic carbocycles. The van der Waals surface area contributed by atoms with E-state index in [0.29, 0.717) is 11.3 Å². The molecule has 3 heteroatoms. The van der Waals surface area contributed by atoms with E-state index in [1.54, 1.807) is 6.07 Å². The van der Waals surface area contributed by atoms with Gasteiger partial charge in [0.1, 0.15) is 0 Å². The first kappa shape index (κ1) is 11.8. The minimum absolute atomic E-state index is 0.153. The van der Waals surface area contributed by atoms with Crippen molar-refractivity contribution in [2.75, 3.05) is 11.1 Å². The van der Waals surface area contributed by atoms with Crippen LogP contribution in [0.3, 0.4) is 0 Å². The van der Waals surface area contributed by atoms with Crippen molar-refractivity contribution in [3.8, 4) is 6.07 Å². The van der Waals surface area contributed by atoms with Crippen LogP contribution in [0.2, 0.25) is 0 Å². The Kier molecular flexibility index (Phi) is 3.23. The minimum Gasteiger partial charge on any atom is -0.397 e. The van der Waals surface area contributed by atoms with Crippen molar-refractivity contribution in [2.45, 2.75) is 44.6 Å². The molecule has 0 spiro atoms. The standard InChI is InChI=1S/C14H19N3/c1-14(7-3-2-4-8-14)17-13-6-5-11(10-15)9-12(13)16/h5-6,9,17H,2-4,7-8,16H2,1H3. The van der Waals surface area contributed by atoms with E-state index in [0.717, 1.165) is 5.69 Å². The molecular formula is C14H19N3. The zero-order valence-corrected chi connectivity index (χ0v) is 10.3.